The van der Waals surface area contributed by atoms with Gasteiger partial charge in [-0.1, -0.05) is 11.6 Å². The lowest BCUT2D eigenvalue weighted by molar-refractivity contribution is -0.135. The van der Waals surface area contributed by atoms with Crippen molar-refractivity contribution in [2.75, 3.05) is 11.4 Å². The predicted molar refractivity (Wildman–Crippen MR) is 127 cm³/mol. The first kappa shape index (κ1) is 26.0. The highest BCUT2D eigenvalue weighted by Crippen LogP contribution is 2.38. The molecule has 2 aromatic rings. The smallest absolute Gasteiger partial charge is 0.263 e. The number of carbonyl (C=O) groups is 2. The molecule has 4 rings (SSSR count). The Hall–Kier alpha value is -3.08. The minimum atomic E-state index is -2.62. The van der Waals surface area contributed by atoms with Crippen LogP contribution >= 0.6 is 11.6 Å². The van der Waals surface area contributed by atoms with Crippen LogP contribution in [0, 0.1) is 5.82 Å². The highest BCUT2D eigenvalue weighted by Gasteiger charge is 2.43. The molecule has 2 N–H and O–H groups in total. The third kappa shape index (κ3) is 5.83. The van der Waals surface area contributed by atoms with Gasteiger partial charge in [0.1, 0.15) is 5.82 Å². The van der Waals surface area contributed by atoms with Crippen LogP contribution < -0.4 is 20.3 Å². The van der Waals surface area contributed by atoms with Gasteiger partial charge < -0.3 is 20.3 Å². The number of alkyl halides is 2. The van der Waals surface area contributed by atoms with Crippen molar-refractivity contribution < 1.29 is 27.5 Å². The predicted octanol–water partition coefficient (Wildman–Crippen LogP) is 3.74. The van der Waals surface area contributed by atoms with Gasteiger partial charge in [-0.15, -0.1) is 0 Å². The number of fused-ring (bicyclic) bond motifs is 2. The van der Waals surface area contributed by atoms with E-state index in [1.165, 1.54) is 12.4 Å². The molecule has 0 spiro atoms. The van der Waals surface area contributed by atoms with Crippen molar-refractivity contribution in [1.29, 1.82) is 0 Å². The number of nitrogens with zero attached hydrogens (tertiary/aromatic N) is 3. The molecular weight excluding hydrogens is 499 g/mol. The lowest BCUT2D eigenvalue weighted by atomic mass is 9.96. The first-order valence-corrected chi connectivity index (χ1v) is 12.0. The van der Waals surface area contributed by atoms with Crippen LogP contribution in [-0.4, -0.2) is 58.5 Å². The zero-order valence-corrected chi connectivity index (χ0v) is 20.6. The Morgan fingerprint density at radius 2 is 1.89 bits per heavy atom. The van der Waals surface area contributed by atoms with E-state index in [0.29, 0.717) is 18.7 Å². The summed E-state index contributed by atoms with van der Waals surface area (Å²) in [6.45, 7) is 2.38. The Bertz CT molecular complexity index is 1100. The molecule has 2 fully saturated rings. The zero-order chi connectivity index (χ0) is 26.0. The summed E-state index contributed by atoms with van der Waals surface area (Å²) in [6.07, 6.45) is 3.23. The summed E-state index contributed by atoms with van der Waals surface area (Å²) >= 11 is 5.72. The van der Waals surface area contributed by atoms with Crippen LogP contribution in [0.15, 0.2) is 30.6 Å². The quantitative estimate of drug-likeness (QED) is 0.545. The molecule has 0 aromatic carbocycles. The minimum Gasteiger partial charge on any atom is -0.459 e. The lowest BCUT2D eigenvalue weighted by Gasteiger charge is -2.40. The Morgan fingerprint density at radius 3 is 2.47 bits per heavy atom. The summed E-state index contributed by atoms with van der Waals surface area (Å²) in [5, 5.41) is 5.32. The largest absolute Gasteiger partial charge is 0.459 e. The number of ether oxygens (including phenoxy) is 1. The maximum Gasteiger partial charge on any atom is 0.263 e. The van der Waals surface area contributed by atoms with Crippen LogP contribution in [-0.2, 0) is 4.79 Å². The van der Waals surface area contributed by atoms with E-state index in [2.05, 4.69) is 25.5 Å². The molecule has 4 heterocycles. The normalized spacial score (nSPS) is 21.4. The fourth-order valence-corrected chi connectivity index (χ4v) is 4.88. The van der Waals surface area contributed by atoms with Gasteiger partial charge in [0.2, 0.25) is 0 Å². The molecule has 36 heavy (non-hydrogen) atoms. The highest BCUT2D eigenvalue weighted by molar-refractivity contribution is 6.30. The molecule has 2 aliphatic rings. The number of piperidine rings is 1. The molecule has 2 amide bonds. The molecule has 2 aromatic heterocycles. The Labute approximate surface area is 211 Å². The standard InChI is InChI=1S/C24H27ClF3N5O3/c1-24(2,36-22-18(26)7-14(25)11-31-22)23(35)32-15-8-16-4-5-17(9-15)33(16)20-6-3-13(10-29-20)21(34)30-12-19(27)28/h3,6-7,10-11,15-17,19H,4-5,8-9,12H2,1-2H3,(H,30,34)(H,32,35). The summed E-state index contributed by atoms with van der Waals surface area (Å²) in [7, 11) is 0. The molecule has 2 unspecified atom stereocenters. The SMILES string of the molecule is CC(C)(Oc1ncc(Cl)cc1F)C(=O)NC1CC2CCC(C1)N2c1ccc(C(=O)NCC(F)F)cn1. The molecule has 0 radical (unpaired) electrons. The van der Waals surface area contributed by atoms with E-state index in [-0.39, 0.29) is 40.5 Å². The number of rotatable bonds is 8. The molecule has 2 atom stereocenters. The van der Waals surface area contributed by atoms with Crippen molar-refractivity contribution in [3.8, 4) is 5.88 Å². The Balaban J connectivity index is 1.36. The van der Waals surface area contributed by atoms with Crippen molar-refractivity contribution in [1.82, 2.24) is 20.6 Å². The molecule has 8 nitrogen and oxygen atoms in total. The average Bonchev–Trinajstić information content (AvgIpc) is 3.09. The number of pyridine rings is 2. The van der Waals surface area contributed by atoms with Gasteiger partial charge in [-0.2, -0.15) is 0 Å². The van der Waals surface area contributed by atoms with Crippen LogP contribution in [0.4, 0.5) is 19.0 Å². The number of hydrogen-bond donors (Lipinski definition) is 2. The lowest BCUT2D eigenvalue weighted by Crippen LogP contribution is -2.55. The van der Waals surface area contributed by atoms with Gasteiger partial charge >= 0.3 is 0 Å². The second-order valence-electron chi connectivity index (χ2n) is 9.49. The molecule has 2 saturated heterocycles. The number of anilines is 1. The minimum absolute atomic E-state index is 0.100. The maximum absolute atomic E-state index is 14.1. The van der Waals surface area contributed by atoms with Crippen LogP contribution in [0.2, 0.25) is 5.02 Å². The zero-order valence-electron chi connectivity index (χ0n) is 19.8. The van der Waals surface area contributed by atoms with Gasteiger partial charge in [-0.05, 0) is 57.7 Å². The highest BCUT2D eigenvalue weighted by atomic mass is 35.5. The second kappa shape index (κ2) is 10.5. The molecule has 194 valence electrons. The van der Waals surface area contributed by atoms with E-state index in [4.69, 9.17) is 16.3 Å². The second-order valence-corrected chi connectivity index (χ2v) is 9.93. The fraction of sp³-hybridized carbons (Fsp3) is 0.500. The topological polar surface area (TPSA) is 96.5 Å². The number of halogens is 4. The van der Waals surface area contributed by atoms with Gasteiger partial charge in [0.05, 0.1) is 17.1 Å². The van der Waals surface area contributed by atoms with Gasteiger partial charge in [0.15, 0.2) is 11.4 Å². The third-order valence-corrected chi connectivity index (χ3v) is 6.64. The fourth-order valence-electron chi connectivity index (χ4n) is 4.74. The summed E-state index contributed by atoms with van der Waals surface area (Å²) in [6, 6.07) is 4.53. The summed E-state index contributed by atoms with van der Waals surface area (Å²) in [5.41, 5.74) is -1.15. The number of carbonyl (C=O) groups excluding carboxylic acids is 2. The summed E-state index contributed by atoms with van der Waals surface area (Å²) < 4.78 is 44.3. The van der Waals surface area contributed by atoms with Crippen molar-refractivity contribution in [3.63, 3.8) is 0 Å². The summed E-state index contributed by atoms with van der Waals surface area (Å²) in [4.78, 5) is 35.4. The van der Waals surface area contributed by atoms with E-state index in [9.17, 15) is 22.8 Å². The molecule has 2 aliphatic heterocycles. The van der Waals surface area contributed by atoms with Crippen molar-refractivity contribution in [2.24, 2.45) is 0 Å². The van der Waals surface area contributed by atoms with Crippen LogP contribution in [0.25, 0.3) is 0 Å². The number of amides is 2. The van der Waals surface area contributed by atoms with Crippen molar-refractivity contribution in [3.05, 3.63) is 47.0 Å². The van der Waals surface area contributed by atoms with Gasteiger partial charge in [0.25, 0.3) is 24.1 Å². The van der Waals surface area contributed by atoms with Gasteiger partial charge in [0, 0.05) is 30.5 Å². The van der Waals surface area contributed by atoms with E-state index in [1.807, 2.05) is 0 Å². The first-order valence-electron chi connectivity index (χ1n) is 11.6. The summed E-state index contributed by atoms with van der Waals surface area (Å²) in [5.74, 6) is -1.33. The van der Waals surface area contributed by atoms with E-state index >= 15 is 0 Å². The van der Waals surface area contributed by atoms with Crippen molar-refractivity contribution >= 4 is 29.2 Å². The van der Waals surface area contributed by atoms with Crippen LogP contribution in [0.3, 0.4) is 0 Å². The van der Waals surface area contributed by atoms with Crippen molar-refractivity contribution in [2.45, 2.75) is 69.7 Å². The number of aromatic nitrogens is 2. The first-order chi connectivity index (χ1) is 17.0. The molecular formula is C24H27ClF3N5O3. The molecule has 0 saturated carbocycles. The number of hydrogen-bond acceptors (Lipinski definition) is 6. The third-order valence-electron chi connectivity index (χ3n) is 6.43. The van der Waals surface area contributed by atoms with Gasteiger partial charge in [-0.25, -0.2) is 23.1 Å². The van der Waals surface area contributed by atoms with Crippen LogP contribution in [0.5, 0.6) is 5.88 Å². The number of nitrogens with one attached hydrogen (secondary N) is 2. The van der Waals surface area contributed by atoms with E-state index in [1.54, 1.807) is 26.0 Å². The Kier molecular flexibility index (Phi) is 7.58. The van der Waals surface area contributed by atoms with E-state index in [0.717, 1.165) is 18.9 Å². The molecule has 2 bridgehead atoms. The Morgan fingerprint density at radius 1 is 1.19 bits per heavy atom. The monoisotopic (exact) mass is 525 g/mol. The molecule has 0 aliphatic carbocycles. The maximum atomic E-state index is 14.1. The van der Waals surface area contributed by atoms with Gasteiger partial charge in [-0.3, -0.25) is 9.59 Å². The average molecular weight is 526 g/mol. The molecule has 12 heteroatoms. The van der Waals surface area contributed by atoms with E-state index < -0.39 is 30.3 Å². The van der Waals surface area contributed by atoms with Crippen LogP contribution in [0.1, 0.15) is 49.9 Å².